The van der Waals surface area contributed by atoms with E-state index in [9.17, 15) is 9.59 Å². The molecule has 4 atom stereocenters. The molecule has 6 rings (SSSR count). The van der Waals surface area contributed by atoms with E-state index in [2.05, 4.69) is 24.3 Å². The van der Waals surface area contributed by atoms with E-state index in [1.165, 1.54) is 11.1 Å². The van der Waals surface area contributed by atoms with Gasteiger partial charge in [-0.3, -0.25) is 9.59 Å². The Bertz CT molecular complexity index is 913. The first-order valence-corrected chi connectivity index (χ1v) is 10.1. The largest absolute Gasteiger partial charge is 0.392 e. The Balaban J connectivity index is 1.34. The minimum atomic E-state index is -0.607. The van der Waals surface area contributed by atoms with Gasteiger partial charge in [-0.2, -0.15) is 0 Å². The van der Waals surface area contributed by atoms with Crippen molar-refractivity contribution in [2.45, 2.75) is 61.2 Å². The van der Waals surface area contributed by atoms with Crippen molar-refractivity contribution >= 4 is 11.9 Å². The van der Waals surface area contributed by atoms with Crippen LogP contribution in [0.1, 0.15) is 72.6 Å². The Hall–Kier alpha value is -2.42. The third-order valence-electron chi connectivity index (χ3n) is 7.83. The second-order valence-corrected chi connectivity index (χ2v) is 8.90. The first-order valence-electron chi connectivity index (χ1n) is 10.1. The molecule has 0 saturated heterocycles. The van der Waals surface area contributed by atoms with E-state index in [-0.39, 0.29) is 11.9 Å². The molecule has 2 aromatic carbocycles. The minimum Gasteiger partial charge on any atom is -0.392 e. The van der Waals surface area contributed by atoms with Crippen LogP contribution in [0.3, 0.4) is 0 Å². The van der Waals surface area contributed by atoms with E-state index in [0.29, 0.717) is 11.8 Å². The number of rotatable bonds is 2. The van der Waals surface area contributed by atoms with Crippen molar-refractivity contribution < 1.29 is 14.3 Å². The van der Waals surface area contributed by atoms with E-state index in [4.69, 9.17) is 4.74 Å². The zero-order valence-electron chi connectivity index (χ0n) is 15.2. The number of hydrogen-bond donors (Lipinski definition) is 0. The summed E-state index contributed by atoms with van der Waals surface area (Å²) in [5, 5.41) is 0. The molecule has 2 fully saturated rings. The number of fused-ring (bicyclic) bond motifs is 10. The number of ether oxygens (including phenoxy) is 1. The Labute approximate surface area is 158 Å². The number of carbonyl (C=O) groups is 2. The molecule has 0 N–H and O–H groups in total. The van der Waals surface area contributed by atoms with Crippen LogP contribution >= 0.6 is 0 Å². The van der Waals surface area contributed by atoms with E-state index in [1.54, 1.807) is 0 Å². The van der Waals surface area contributed by atoms with Gasteiger partial charge in [-0.1, -0.05) is 48.5 Å². The lowest BCUT2D eigenvalue weighted by Crippen LogP contribution is -2.41. The maximum atomic E-state index is 13.3. The number of hydrogen-bond acceptors (Lipinski definition) is 3. The predicted octanol–water partition coefficient (Wildman–Crippen LogP) is 4.49. The monoisotopic (exact) mass is 358 g/mol. The summed E-state index contributed by atoms with van der Waals surface area (Å²) in [7, 11) is 0. The van der Waals surface area contributed by atoms with Gasteiger partial charge in [-0.05, 0) is 72.6 Å². The zero-order chi connectivity index (χ0) is 18.2. The molecule has 0 aromatic heterocycles. The van der Waals surface area contributed by atoms with Gasteiger partial charge in [-0.25, -0.2) is 0 Å². The van der Waals surface area contributed by atoms with Gasteiger partial charge in [0.2, 0.25) is 0 Å². The molecule has 0 spiro atoms. The fourth-order valence-electron chi connectivity index (χ4n) is 6.56. The maximum absolute atomic E-state index is 13.3. The second-order valence-electron chi connectivity index (χ2n) is 8.90. The average molecular weight is 358 g/mol. The van der Waals surface area contributed by atoms with Crippen molar-refractivity contribution in [3.63, 3.8) is 0 Å². The first kappa shape index (κ1) is 15.6. The number of benzene rings is 2. The van der Waals surface area contributed by atoms with E-state index in [0.717, 1.165) is 49.7 Å². The lowest BCUT2D eigenvalue weighted by atomic mass is 9.78. The second kappa shape index (κ2) is 5.09. The summed E-state index contributed by atoms with van der Waals surface area (Å²) < 4.78 is 5.70. The van der Waals surface area contributed by atoms with Crippen LogP contribution in [0.5, 0.6) is 0 Å². The normalized spacial score (nSPS) is 34.4. The maximum Gasteiger partial charge on any atom is 0.324 e. The molecule has 0 aliphatic heterocycles. The Morgan fingerprint density at radius 1 is 0.741 bits per heavy atom. The van der Waals surface area contributed by atoms with Gasteiger partial charge in [0, 0.05) is 0 Å². The minimum absolute atomic E-state index is 0.317. The highest BCUT2D eigenvalue weighted by Gasteiger charge is 2.59. The highest BCUT2D eigenvalue weighted by atomic mass is 16.6. The van der Waals surface area contributed by atoms with Crippen molar-refractivity contribution in [1.82, 2.24) is 0 Å². The van der Waals surface area contributed by atoms with Gasteiger partial charge < -0.3 is 4.74 Å². The lowest BCUT2D eigenvalue weighted by Gasteiger charge is -2.30. The first-order chi connectivity index (χ1) is 13.1. The molecular weight excluding hydrogens is 336 g/mol. The summed E-state index contributed by atoms with van der Waals surface area (Å²) >= 11 is 0. The van der Waals surface area contributed by atoms with Gasteiger partial charge in [0.1, 0.15) is 0 Å². The third-order valence-corrected chi connectivity index (χ3v) is 7.83. The van der Waals surface area contributed by atoms with Crippen LogP contribution in [0.25, 0.3) is 0 Å². The van der Waals surface area contributed by atoms with Crippen molar-refractivity contribution in [2.24, 2.45) is 0 Å². The van der Waals surface area contributed by atoms with Crippen molar-refractivity contribution in [3.8, 4) is 0 Å². The molecule has 4 unspecified atom stereocenters. The number of esters is 2. The van der Waals surface area contributed by atoms with Gasteiger partial charge in [0.05, 0.1) is 10.8 Å². The van der Waals surface area contributed by atoms with Crippen LogP contribution in [0.15, 0.2) is 48.5 Å². The molecule has 27 heavy (non-hydrogen) atoms. The van der Waals surface area contributed by atoms with Crippen LogP contribution < -0.4 is 0 Å². The molecule has 4 aliphatic carbocycles. The summed E-state index contributed by atoms with van der Waals surface area (Å²) in [5.41, 5.74) is 3.52. The highest BCUT2D eigenvalue weighted by Crippen LogP contribution is 2.60. The molecule has 136 valence electrons. The molecule has 2 saturated carbocycles. The van der Waals surface area contributed by atoms with Crippen molar-refractivity contribution in [3.05, 3.63) is 70.8 Å². The molecule has 0 amide bonds. The van der Waals surface area contributed by atoms with Gasteiger partial charge in [0.15, 0.2) is 0 Å². The molecule has 4 aliphatic rings. The fraction of sp³-hybridized carbons (Fsp3) is 0.417. The smallest absolute Gasteiger partial charge is 0.324 e. The van der Waals surface area contributed by atoms with Crippen LogP contribution in [-0.4, -0.2) is 11.9 Å². The zero-order valence-corrected chi connectivity index (χ0v) is 15.2. The summed E-state index contributed by atoms with van der Waals surface area (Å²) in [6.45, 7) is 0. The molecule has 0 radical (unpaired) electrons. The quantitative estimate of drug-likeness (QED) is 0.587. The Morgan fingerprint density at radius 2 is 1.19 bits per heavy atom. The van der Waals surface area contributed by atoms with Crippen molar-refractivity contribution in [2.75, 3.05) is 0 Å². The Kier molecular flexibility index (Phi) is 2.95. The highest BCUT2D eigenvalue weighted by molar-refractivity contribution is 5.98. The molecular formula is C24H22O3. The van der Waals surface area contributed by atoms with Gasteiger partial charge in [0.25, 0.3) is 0 Å². The number of carbonyl (C=O) groups excluding carboxylic acids is 2. The van der Waals surface area contributed by atoms with E-state index in [1.807, 2.05) is 24.3 Å². The Morgan fingerprint density at radius 3 is 1.67 bits per heavy atom. The average Bonchev–Trinajstić information content (AvgIpc) is 3.47. The van der Waals surface area contributed by atoms with Crippen molar-refractivity contribution in [1.29, 1.82) is 0 Å². The van der Waals surface area contributed by atoms with Crippen LogP contribution in [0, 0.1) is 0 Å². The van der Waals surface area contributed by atoms with E-state index >= 15 is 0 Å². The van der Waals surface area contributed by atoms with Crippen LogP contribution in [0.2, 0.25) is 0 Å². The molecule has 3 nitrogen and oxygen atoms in total. The molecule has 2 aromatic rings. The molecule has 4 bridgehead atoms. The van der Waals surface area contributed by atoms with Crippen LogP contribution in [-0.2, 0) is 25.2 Å². The summed E-state index contributed by atoms with van der Waals surface area (Å²) in [5.74, 6) is 0.236. The third kappa shape index (κ3) is 1.82. The standard InChI is InChI=1S/C24H22O3/c25-21(23-11-9-15(13-23)17-5-1-3-7-19(17)23)27-22(26)24-12-10-16(14-24)18-6-2-4-8-20(18)24/h1-8,15-16H,9-14H2. The summed E-state index contributed by atoms with van der Waals surface area (Å²) in [6.07, 6.45) is 5.21. The predicted molar refractivity (Wildman–Crippen MR) is 101 cm³/mol. The van der Waals surface area contributed by atoms with Gasteiger partial charge >= 0.3 is 11.9 Å². The topological polar surface area (TPSA) is 43.4 Å². The lowest BCUT2D eigenvalue weighted by molar-refractivity contribution is -0.167. The molecule has 3 heteroatoms. The summed E-state index contributed by atoms with van der Waals surface area (Å²) in [4.78, 5) is 26.6. The fourth-order valence-corrected chi connectivity index (χ4v) is 6.56. The van der Waals surface area contributed by atoms with Crippen LogP contribution in [0.4, 0.5) is 0 Å². The SMILES string of the molecule is O=C(OC(=O)C12CCC(C1)c1ccccc12)C12CCC(C1)c1ccccc12. The van der Waals surface area contributed by atoms with Gasteiger partial charge in [-0.15, -0.1) is 0 Å². The summed E-state index contributed by atoms with van der Waals surface area (Å²) in [6, 6.07) is 16.4. The van der Waals surface area contributed by atoms with E-state index < -0.39 is 10.8 Å². The molecule has 0 heterocycles.